The van der Waals surface area contributed by atoms with Gasteiger partial charge in [0.05, 0.1) is 0 Å². The van der Waals surface area contributed by atoms with E-state index in [9.17, 15) is 0 Å². The zero-order valence-corrected chi connectivity index (χ0v) is 12.5. The van der Waals surface area contributed by atoms with Crippen molar-refractivity contribution in [1.82, 2.24) is 0 Å². The predicted molar refractivity (Wildman–Crippen MR) is 89.6 cm³/mol. The van der Waals surface area contributed by atoms with Gasteiger partial charge in [0.2, 0.25) is 0 Å². The van der Waals surface area contributed by atoms with E-state index >= 15 is 0 Å². The van der Waals surface area contributed by atoms with Crippen LogP contribution in [-0.2, 0) is 6.42 Å². The Bertz CT molecular complexity index is 571. The molecule has 0 heterocycles. The van der Waals surface area contributed by atoms with Gasteiger partial charge in [0, 0.05) is 17.8 Å². The maximum atomic E-state index is 6.45. The molecule has 2 heteroatoms. The molecule has 0 atom stereocenters. The fourth-order valence-corrected chi connectivity index (χ4v) is 3.19. The zero-order chi connectivity index (χ0) is 14.5. The van der Waals surface area contributed by atoms with Crippen LogP contribution < -0.4 is 11.1 Å². The SMILES string of the molecule is NC1(CNc2ccccc2Cc2ccccc2)CCCC1. The number of benzene rings is 2. The van der Waals surface area contributed by atoms with E-state index in [1.165, 1.54) is 29.7 Å². The topological polar surface area (TPSA) is 38.0 Å². The Balaban J connectivity index is 1.70. The lowest BCUT2D eigenvalue weighted by molar-refractivity contribution is 0.464. The molecule has 1 fully saturated rings. The standard InChI is InChI=1S/C19H24N2/c20-19(12-6-7-13-19)15-21-18-11-5-4-10-17(18)14-16-8-2-1-3-9-16/h1-5,8-11,21H,6-7,12-15,20H2. The van der Waals surface area contributed by atoms with Crippen LogP contribution in [0.3, 0.4) is 0 Å². The van der Waals surface area contributed by atoms with Crippen molar-refractivity contribution in [3.8, 4) is 0 Å². The van der Waals surface area contributed by atoms with E-state index in [1.807, 2.05) is 0 Å². The van der Waals surface area contributed by atoms with Crippen LogP contribution in [0.4, 0.5) is 5.69 Å². The van der Waals surface area contributed by atoms with Gasteiger partial charge in [-0.3, -0.25) is 0 Å². The molecule has 0 saturated heterocycles. The molecule has 21 heavy (non-hydrogen) atoms. The van der Waals surface area contributed by atoms with Crippen LogP contribution in [0.5, 0.6) is 0 Å². The molecule has 1 aliphatic rings. The highest BCUT2D eigenvalue weighted by atomic mass is 14.9. The largest absolute Gasteiger partial charge is 0.383 e. The molecule has 1 aliphatic carbocycles. The number of rotatable bonds is 5. The smallest absolute Gasteiger partial charge is 0.0376 e. The van der Waals surface area contributed by atoms with Crippen LogP contribution in [0, 0.1) is 0 Å². The Morgan fingerprint density at radius 3 is 2.33 bits per heavy atom. The van der Waals surface area contributed by atoms with Crippen molar-refractivity contribution >= 4 is 5.69 Å². The Kier molecular flexibility index (Phi) is 4.26. The number of hydrogen-bond acceptors (Lipinski definition) is 2. The molecular formula is C19H24N2. The summed E-state index contributed by atoms with van der Waals surface area (Å²) in [7, 11) is 0. The fourth-order valence-electron chi connectivity index (χ4n) is 3.19. The Hall–Kier alpha value is -1.80. The quantitative estimate of drug-likeness (QED) is 0.870. The van der Waals surface area contributed by atoms with E-state index in [-0.39, 0.29) is 5.54 Å². The lowest BCUT2D eigenvalue weighted by Gasteiger charge is -2.25. The van der Waals surface area contributed by atoms with Crippen LogP contribution in [-0.4, -0.2) is 12.1 Å². The second-order valence-corrected chi connectivity index (χ2v) is 6.24. The molecule has 2 nitrogen and oxygen atoms in total. The van der Waals surface area contributed by atoms with Crippen molar-refractivity contribution in [2.45, 2.75) is 37.6 Å². The van der Waals surface area contributed by atoms with Gasteiger partial charge in [-0.25, -0.2) is 0 Å². The Morgan fingerprint density at radius 1 is 0.905 bits per heavy atom. The van der Waals surface area contributed by atoms with Gasteiger partial charge >= 0.3 is 0 Å². The van der Waals surface area contributed by atoms with Gasteiger partial charge in [0.15, 0.2) is 0 Å². The molecule has 110 valence electrons. The van der Waals surface area contributed by atoms with Gasteiger partial charge in [-0.2, -0.15) is 0 Å². The molecule has 3 rings (SSSR count). The first-order valence-corrected chi connectivity index (χ1v) is 7.90. The molecule has 1 saturated carbocycles. The van der Waals surface area contributed by atoms with E-state index in [4.69, 9.17) is 5.73 Å². The summed E-state index contributed by atoms with van der Waals surface area (Å²) in [5.74, 6) is 0. The maximum absolute atomic E-state index is 6.45. The van der Waals surface area contributed by atoms with Crippen molar-refractivity contribution < 1.29 is 0 Å². The first kappa shape index (κ1) is 14.2. The first-order chi connectivity index (χ1) is 10.3. The van der Waals surface area contributed by atoms with Gasteiger partial charge in [0.25, 0.3) is 0 Å². The lowest BCUT2D eigenvalue weighted by Crippen LogP contribution is -2.43. The van der Waals surface area contributed by atoms with Crippen LogP contribution >= 0.6 is 0 Å². The molecule has 2 aromatic carbocycles. The predicted octanol–water partition coefficient (Wildman–Crippen LogP) is 3.96. The monoisotopic (exact) mass is 280 g/mol. The van der Waals surface area contributed by atoms with Crippen molar-refractivity contribution in [3.05, 3.63) is 65.7 Å². The summed E-state index contributed by atoms with van der Waals surface area (Å²) in [5.41, 5.74) is 10.3. The van der Waals surface area contributed by atoms with Crippen molar-refractivity contribution in [2.75, 3.05) is 11.9 Å². The van der Waals surface area contributed by atoms with Crippen molar-refractivity contribution in [3.63, 3.8) is 0 Å². The van der Waals surface area contributed by atoms with Crippen molar-refractivity contribution in [1.29, 1.82) is 0 Å². The molecule has 0 aliphatic heterocycles. The molecule has 0 amide bonds. The minimum absolute atomic E-state index is 0.0140. The van der Waals surface area contributed by atoms with Gasteiger partial charge in [-0.15, -0.1) is 0 Å². The zero-order valence-electron chi connectivity index (χ0n) is 12.5. The second kappa shape index (κ2) is 6.31. The first-order valence-electron chi connectivity index (χ1n) is 7.90. The second-order valence-electron chi connectivity index (χ2n) is 6.24. The van der Waals surface area contributed by atoms with Crippen LogP contribution in [0.2, 0.25) is 0 Å². The summed E-state index contributed by atoms with van der Waals surface area (Å²) in [6, 6.07) is 19.2. The Morgan fingerprint density at radius 2 is 1.57 bits per heavy atom. The van der Waals surface area contributed by atoms with E-state index in [0.717, 1.165) is 25.8 Å². The van der Waals surface area contributed by atoms with Gasteiger partial charge in [-0.05, 0) is 36.5 Å². The number of nitrogens with one attached hydrogen (secondary N) is 1. The maximum Gasteiger partial charge on any atom is 0.0376 e. The third-order valence-corrected chi connectivity index (χ3v) is 4.49. The fraction of sp³-hybridized carbons (Fsp3) is 0.368. The third kappa shape index (κ3) is 3.64. The molecule has 0 aromatic heterocycles. The highest BCUT2D eigenvalue weighted by Crippen LogP contribution is 2.28. The van der Waals surface area contributed by atoms with E-state index in [1.54, 1.807) is 0 Å². The molecule has 0 unspecified atom stereocenters. The summed E-state index contributed by atoms with van der Waals surface area (Å²) >= 11 is 0. The molecular weight excluding hydrogens is 256 g/mol. The molecule has 0 radical (unpaired) electrons. The van der Waals surface area contributed by atoms with Gasteiger partial charge in [0.1, 0.15) is 0 Å². The van der Waals surface area contributed by atoms with Gasteiger partial charge in [-0.1, -0.05) is 61.4 Å². The highest BCUT2D eigenvalue weighted by Gasteiger charge is 2.28. The van der Waals surface area contributed by atoms with Crippen LogP contribution in [0.1, 0.15) is 36.8 Å². The highest BCUT2D eigenvalue weighted by molar-refractivity contribution is 5.53. The molecule has 0 spiro atoms. The number of para-hydroxylation sites is 1. The van der Waals surface area contributed by atoms with E-state index in [0.29, 0.717) is 0 Å². The minimum Gasteiger partial charge on any atom is -0.383 e. The van der Waals surface area contributed by atoms with Crippen LogP contribution in [0.25, 0.3) is 0 Å². The average molecular weight is 280 g/mol. The average Bonchev–Trinajstić information content (AvgIpc) is 2.95. The summed E-state index contributed by atoms with van der Waals surface area (Å²) in [6.07, 6.45) is 5.77. The summed E-state index contributed by atoms with van der Waals surface area (Å²) in [4.78, 5) is 0. The normalized spacial score (nSPS) is 16.8. The van der Waals surface area contributed by atoms with Gasteiger partial charge < -0.3 is 11.1 Å². The summed E-state index contributed by atoms with van der Waals surface area (Å²) < 4.78 is 0. The van der Waals surface area contributed by atoms with E-state index < -0.39 is 0 Å². The third-order valence-electron chi connectivity index (χ3n) is 4.49. The molecule has 3 N–H and O–H groups in total. The minimum atomic E-state index is -0.0140. The number of hydrogen-bond donors (Lipinski definition) is 2. The number of nitrogens with two attached hydrogens (primary N) is 1. The Labute approximate surface area is 127 Å². The summed E-state index contributed by atoms with van der Waals surface area (Å²) in [5, 5.41) is 3.59. The number of anilines is 1. The van der Waals surface area contributed by atoms with Crippen LogP contribution in [0.15, 0.2) is 54.6 Å². The van der Waals surface area contributed by atoms with E-state index in [2.05, 4.69) is 59.9 Å². The molecule has 2 aromatic rings. The lowest BCUT2D eigenvalue weighted by atomic mass is 9.98. The molecule has 0 bridgehead atoms. The summed E-state index contributed by atoms with van der Waals surface area (Å²) in [6.45, 7) is 0.874. The van der Waals surface area contributed by atoms with Crippen molar-refractivity contribution in [2.24, 2.45) is 5.73 Å².